The lowest BCUT2D eigenvalue weighted by Crippen LogP contribution is -2.04. The molecule has 80 valence electrons. The topological polar surface area (TPSA) is 48.5 Å². The van der Waals surface area contributed by atoms with Gasteiger partial charge in [-0.25, -0.2) is 0 Å². The van der Waals surface area contributed by atoms with Gasteiger partial charge >= 0.3 is 0 Å². The molecule has 2 heterocycles. The van der Waals surface area contributed by atoms with Crippen molar-refractivity contribution in [2.45, 2.75) is 19.2 Å². The molecule has 0 fully saturated rings. The minimum atomic E-state index is -0.137. The molecular formula is C9H12ClN5. The van der Waals surface area contributed by atoms with Crippen molar-refractivity contribution in [1.29, 1.82) is 0 Å². The van der Waals surface area contributed by atoms with E-state index >= 15 is 0 Å². The minimum Gasteiger partial charge on any atom is -0.271 e. The molecule has 0 radical (unpaired) electrons. The molecule has 5 nitrogen and oxygen atoms in total. The zero-order valence-electron chi connectivity index (χ0n) is 8.85. The Morgan fingerprint density at radius 2 is 2.20 bits per heavy atom. The monoisotopic (exact) mass is 225 g/mol. The second-order valence-electron chi connectivity index (χ2n) is 3.45. The predicted octanol–water partition coefficient (Wildman–Crippen LogP) is 1.61. The maximum Gasteiger partial charge on any atom is 0.177 e. The van der Waals surface area contributed by atoms with E-state index < -0.39 is 0 Å². The van der Waals surface area contributed by atoms with Crippen LogP contribution in [0.4, 0.5) is 0 Å². The van der Waals surface area contributed by atoms with Gasteiger partial charge < -0.3 is 0 Å². The summed E-state index contributed by atoms with van der Waals surface area (Å²) in [5.74, 6) is 0.745. The number of nitrogens with zero attached hydrogens (tertiary/aromatic N) is 5. The van der Waals surface area contributed by atoms with Gasteiger partial charge in [0.2, 0.25) is 0 Å². The van der Waals surface area contributed by atoms with Gasteiger partial charge in [0.1, 0.15) is 0 Å². The Hall–Kier alpha value is -1.36. The predicted molar refractivity (Wildman–Crippen MR) is 57.1 cm³/mol. The summed E-state index contributed by atoms with van der Waals surface area (Å²) in [6.45, 7) is 3.86. The first-order valence-corrected chi connectivity index (χ1v) is 5.09. The van der Waals surface area contributed by atoms with Crippen molar-refractivity contribution >= 4 is 11.6 Å². The Kier molecular flexibility index (Phi) is 2.48. The third-order valence-corrected chi connectivity index (χ3v) is 2.52. The molecule has 0 amide bonds. The summed E-state index contributed by atoms with van der Waals surface area (Å²) in [6.07, 6.45) is 1.65. The molecule has 1 atom stereocenters. The van der Waals surface area contributed by atoms with E-state index in [2.05, 4.69) is 15.4 Å². The number of hydrogen-bond acceptors (Lipinski definition) is 3. The minimum absolute atomic E-state index is 0.137. The number of rotatable bonds is 2. The first-order chi connectivity index (χ1) is 7.09. The molecule has 0 aliphatic rings. The highest BCUT2D eigenvalue weighted by Gasteiger charge is 2.13. The van der Waals surface area contributed by atoms with Gasteiger partial charge in [0, 0.05) is 18.8 Å². The summed E-state index contributed by atoms with van der Waals surface area (Å²) < 4.78 is 3.45. The van der Waals surface area contributed by atoms with Crippen LogP contribution in [0.1, 0.15) is 23.7 Å². The van der Waals surface area contributed by atoms with Gasteiger partial charge in [0.25, 0.3) is 0 Å². The van der Waals surface area contributed by atoms with Gasteiger partial charge in [0.15, 0.2) is 5.82 Å². The highest BCUT2D eigenvalue weighted by Crippen LogP contribution is 2.20. The zero-order chi connectivity index (χ0) is 11.0. The van der Waals surface area contributed by atoms with Crippen LogP contribution in [0.5, 0.6) is 0 Å². The first kappa shape index (κ1) is 10.2. The molecule has 15 heavy (non-hydrogen) atoms. The largest absolute Gasteiger partial charge is 0.271 e. The van der Waals surface area contributed by atoms with Crippen LogP contribution in [0, 0.1) is 6.92 Å². The maximum absolute atomic E-state index is 6.01. The Balaban J connectivity index is 2.49. The van der Waals surface area contributed by atoms with Gasteiger partial charge in [-0.15, -0.1) is 16.7 Å². The average molecular weight is 226 g/mol. The molecule has 0 aliphatic carbocycles. The second kappa shape index (κ2) is 3.66. The SMILES string of the molecule is Cc1cc(-n2nncc2C(C)Cl)nn1C. The normalized spacial score (nSPS) is 13.1. The van der Waals surface area contributed by atoms with Crippen molar-refractivity contribution in [3.05, 3.63) is 23.7 Å². The summed E-state index contributed by atoms with van der Waals surface area (Å²) in [5, 5.41) is 12.0. The van der Waals surface area contributed by atoms with Crippen molar-refractivity contribution in [1.82, 2.24) is 24.8 Å². The van der Waals surface area contributed by atoms with Gasteiger partial charge in [0.05, 0.1) is 17.3 Å². The van der Waals surface area contributed by atoms with Gasteiger partial charge in [-0.05, 0) is 13.8 Å². The molecule has 2 aromatic heterocycles. The van der Waals surface area contributed by atoms with Crippen LogP contribution >= 0.6 is 11.6 Å². The summed E-state index contributed by atoms with van der Waals surface area (Å²) in [5.41, 5.74) is 1.91. The van der Waals surface area contributed by atoms with E-state index in [1.165, 1.54) is 0 Å². The highest BCUT2D eigenvalue weighted by molar-refractivity contribution is 6.20. The van der Waals surface area contributed by atoms with E-state index in [0.717, 1.165) is 17.2 Å². The quantitative estimate of drug-likeness (QED) is 0.730. The molecule has 0 aliphatic heterocycles. The molecule has 6 heteroatoms. The Bertz CT molecular complexity index is 451. The molecule has 0 saturated carbocycles. The van der Waals surface area contributed by atoms with Crippen LogP contribution in [-0.4, -0.2) is 24.8 Å². The zero-order valence-corrected chi connectivity index (χ0v) is 9.60. The number of hydrogen-bond donors (Lipinski definition) is 0. The van der Waals surface area contributed by atoms with Gasteiger partial charge in [-0.3, -0.25) is 4.68 Å². The molecule has 0 aromatic carbocycles. The van der Waals surface area contributed by atoms with Crippen LogP contribution in [-0.2, 0) is 7.05 Å². The van der Waals surface area contributed by atoms with Crippen molar-refractivity contribution in [3.63, 3.8) is 0 Å². The summed E-state index contributed by atoms with van der Waals surface area (Å²) in [7, 11) is 1.89. The fourth-order valence-corrected chi connectivity index (χ4v) is 1.49. The van der Waals surface area contributed by atoms with E-state index in [0.29, 0.717) is 0 Å². The van der Waals surface area contributed by atoms with Crippen LogP contribution in [0.25, 0.3) is 5.82 Å². The lowest BCUT2D eigenvalue weighted by Gasteiger charge is -2.03. The molecule has 2 aromatic rings. The molecule has 0 saturated heterocycles. The van der Waals surface area contributed by atoms with E-state index in [9.17, 15) is 0 Å². The van der Waals surface area contributed by atoms with Gasteiger partial charge in [-0.2, -0.15) is 9.78 Å². The fraction of sp³-hybridized carbons (Fsp3) is 0.444. The number of aromatic nitrogens is 5. The first-order valence-electron chi connectivity index (χ1n) is 4.65. The van der Waals surface area contributed by atoms with Crippen molar-refractivity contribution in [2.75, 3.05) is 0 Å². The standard InChI is InChI=1S/C9H12ClN5/c1-6-4-9(12-14(6)3)15-8(7(2)10)5-11-13-15/h4-5,7H,1-3H3. The summed E-state index contributed by atoms with van der Waals surface area (Å²) >= 11 is 6.01. The van der Waals surface area contributed by atoms with E-state index in [1.54, 1.807) is 15.6 Å². The summed E-state index contributed by atoms with van der Waals surface area (Å²) in [6, 6.07) is 1.94. The number of alkyl halides is 1. The molecule has 2 rings (SSSR count). The summed E-state index contributed by atoms with van der Waals surface area (Å²) in [4.78, 5) is 0. The second-order valence-corrected chi connectivity index (χ2v) is 4.11. The average Bonchev–Trinajstić information content (AvgIpc) is 2.73. The van der Waals surface area contributed by atoms with Crippen LogP contribution in [0.15, 0.2) is 12.3 Å². The van der Waals surface area contributed by atoms with E-state index in [-0.39, 0.29) is 5.38 Å². The van der Waals surface area contributed by atoms with Crippen LogP contribution in [0.3, 0.4) is 0 Å². The highest BCUT2D eigenvalue weighted by atomic mass is 35.5. The Morgan fingerprint density at radius 1 is 1.47 bits per heavy atom. The fourth-order valence-electron chi connectivity index (χ4n) is 1.34. The van der Waals surface area contributed by atoms with Gasteiger partial charge in [-0.1, -0.05) is 5.21 Å². The van der Waals surface area contributed by atoms with E-state index in [1.807, 2.05) is 27.0 Å². The van der Waals surface area contributed by atoms with Crippen molar-refractivity contribution in [2.24, 2.45) is 7.05 Å². The molecule has 0 N–H and O–H groups in total. The van der Waals surface area contributed by atoms with Crippen molar-refractivity contribution in [3.8, 4) is 5.82 Å². The number of aryl methyl sites for hydroxylation is 2. The molecular weight excluding hydrogens is 214 g/mol. The third-order valence-electron chi connectivity index (χ3n) is 2.30. The molecule has 1 unspecified atom stereocenters. The van der Waals surface area contributed by atoms with Crippen LogP contribution in [0.2, 0.25) is 0 Å². The lowest BCUT2D eigenvalue weighted by atomic mass is 10.3. The lowest BCUT2D eigenvalue weighted by molar-refractivity contribution is 0.687. The molecule has 0 spiro atoms. The van der Waals surface area contributed by atoms with Crippen molar-refractivity contribution < 1.29 is 0 Å². The Morgan fingerprint density at radius 3 is 2.73 bits per heavy atom. The third kappa shape index (κ3) is 1.74. The smallest absolute Gasteiger partial charge is 0.177 e. The Labute approximate surface area is 92.7 Å². The van der Waals surface area contributed by atoms with E-state index in [4.69, 9.17) is 11.6 Å². The molecule has 0 bridgehead atoms. The number of halogens is 1. The maximum atomic E-state index is 6.01. The van der Waals surface area contributed by atoms with Crippen LogP contribution < -0.4 is 0 Å².